The molecule has 3 N–H and O–H groups in total. The van der Waals surface area contributed by atoms with E-state index >= 15 is 0 Å². The van der Waals surface area contributed by atoms with E-state index in [1.807, 2.05) is 13.8 Å². The van der Waals surface area contributed by atoms with Crippen LogP contribution in [0.5, 0.6) is 0 Å². The van der Waals surface area contributed by atoms with Gasteiger partial charge < -0.3 is 10.8 Å². The molecule has 0 amide bonds. The summed E-state index contributed by atoms with van der Waals surface area (Å²) in [5.74, 6) is -0.870. The van der Waals surface area contributed by atoms with Crippen LogP contribution in [0, 0.1) is 0 Å². The molecule has 0 bridgehead atoms. The molecule has 0 aromatic carbocycles. The summed E-state index contributed by atoms with van der Waals surface area (Å²) in [4.78, 5) is 15.0. The number of fused-ring (bicyclic) bond motifs is 1. The monoisotopic (exact) mass is 236 g/mol. The van der Waals surface area contributed by atoms with Crippen LogP contribution in [-0.4, -0.2) is 25.8 Å². The van der Waals surface area contributed by atoms with E-state index in [1.165, 1.54) is 17.2 Å². The maximum atomic E-state index is 11.2. The Labute approximate surface area is 97.5 Å². The molecular weight excluding hydrogens is 222 g/mol. The zero-order valence-corrected chi connectivity index (χ0v) is 9.66. The van der Waals surface area contributed by atoms with Gasteiger partial charge in [-0.1, -0.05) is 6.92 Å². The molecule has 0 saturated heterocycles. The molecule has 0 aliphatic carbocycles. The number of hydrogen-bond donors (Lipinski definition) is 2. The third-order valence-corrected chi connectivity index (χ3v) is 2.81. The minimum Gasteiger partial charge on any atom is -0.477 e. The van der Waals surface area contributed by atoms with Crippen molar-refractivity contribution < 1.29 is 14.5 Å². The van der Waals surface area contributed by atoms with Crippen LogP contribution in [0.1, 0.15) is 36.7 Å². The number of carboxylic acid groups (broad SMARTS) is 1. The Morgan fingerprint density at radius 2 is 2.41 bits per heavy atom. The molecule has 0 aliphatic rings. The van der Waals surface area contributed by atoms with Crippen LogP contribution in [-0.2, 0) is 0 Å². The number of nitrogens with zero attached hydrogens (tertiary/aromatic N) is 4. The van der Waals surface area contributed by atoms with E-state index in [9.17, 15) is 4.79 Å². The van der Waals surface area contributed by atoms with Crippen molar-refractivity contribution in [1.29, 1.82) is 0 Å². The summed E-state index contributed by atoms with van der Waals surface area (Å²) in [6.45, 7) is 4.00. The molecule has 90 valence electrons. The van der Waals surface area contributed by atoms with Crippen molar-refractivity contribution in [2.75, 3.05) is 5.73 Å². The standard InChI is InChI=1S/C10H13N5O2/c1-3-6(2)14-4-7(10(16)17)8-9(11)12-5-13-15(8)14/h4-6H,3H2,1-2H3,(H2-,11,12,13,16,17)/p+1. The molecule has 2 heterocycles. The Morgan fingerprint density at radius 3 is 3.00 bits per heavy atom. The number of aromatic carboxylic acids is 1. The van der Waals surface area contributed by atoms with E-state index in [1.54, 1.807) is 4.68 Å². The lowest BCUT2D eigenvalue weighted by atomic mass is 10.2. The van der Waals surface area contributed by atoms with Gasteiger partial charge in [0.05, 0.1) is 12.2 Å². The second kappa shape index (κ2) is 4.00. The Kier molecular flexibility index (Phi) is 2.66. The van der Waals surface area contributed by atoms with E-state index < -0.39 is 5.97 Å². The van der Waals surface area contributed by atoms with Gasteiger partial charge in [0.1, 0.15) is 0 Å². The van der Waals surface area contributed by atoms with Gasteiger partial charge in [0, 0.05) is 9.73 Å². The Bertz CT molecular complexity index is 577. The number of anilines is 1. The molecule has 7 nitrogen and oxygen atoms in total. The van der Waals surface area contributed by atoms with Gasteiger partial charge in [0.2, 0.25) is 5.82 Å². The third kappa shape index (κ3) is 1.69. The molecule has 0 spiro atoms. The molecule has 0 saturated carbocycles. The molecule has 2 aromatic rings. The van der Waals surface area contributed by atoms with Crippen LogP contribution in [0.3, 0.4) is 0 Å². The second-order valence-corrected chi connectivity index (χ2v) is 3.87. The molecule has 7 heteroatoms. The van der Waals surface area contributed by atoms with Gasteiger partial charge in [-0.15, -0.1) is 4.68 Å². The first-order valence-electron chi connectivity index (χ1n) is 5.33. The van der Waals surface area contributed by atoms with Crippen molar-refractivity contribution in [2.45, 2.75) is 26.3 Å². The predicted octanol–water partition coefficient (Wildman–Crippen LogP) is 0.268. The Morgan fingerprint density at radius 1 is 1.71 bits per heavy atom. The number of aromatic nitrogens is 4. The van der Waals surface area contributed by atoms with Crippen LogP contribution in [0.4, 0.5) is 5.82 Å². The van der Waals surface area contributed by atoms with Gasteiger partial charge in [-0.2, -0.15) is 0 Å². The van der Waals surface area contributed by atoms with Gasteiger partial charge >= 0.3 is 11.5 Å². The quantitative estimate of drug-likeness (QED) is 0.745. The average molecular weight is 236 g/mol. The van der Waals surface area contributed by atoms with Crippen molar-refractivity contribution in [1.82, 2.24) is 14.8 Å². The number of rotatable bonds is 3. The zero-order chi connectivity index (χ0) is 12.6. The highest BCUT2D eigenvalue weighted by atomic mass is 16.4. The maximum Gasteiger partial charge on any atom is 0.344 e. The Hall–Kier alpha value is -2.18. The first-order valence-corrected chi connectivity index (χ1v) is 5.33. The minimum atomic E-state index is -1.04. The number of carbonyl (C=O) groups is 1. The van der Waals surface area contributed by atoms with Gasteiger partial charge in [-0.3, -0.25) is 0 Å². The lowest BCUT2D eigenvalue weighted by Crippen LogP contribution is -2.38. The highest BCUT2D eigenvalue weighted by Crippen LogP contribution is 2.16. The molecule has 2 aromatic heterocycles. The number of hydrogen-bond acceptors (Lipinski definition) is 4. The van der Waals surface area contributed by atoms with Gasteiger partial charge in [0.25, 0.3) is 0 Å². The van der Waals surface area contributed by atoms with Gasteiger partial charge in [-0.05, 0) is 13.3 Å². The first kappa shape index (κ1) is 11.3. The lowest BCUT2D eigenvalue weighted by molar-refractivity contribution is -0.673. The normalized spacial score (nSPS) is 12.8. The Balaban J connectivity index is 2.80. The van der Waals surface area contributed by atoms with Crippen LogP contribution in [0.2, 0.25) is 0 Å². The average Bonchev–Trinajstić information content (AvgIpc) is 2.69. The summed E-state index contributed by atoms with van der Waals surface area (Å²) < 4.78 is 3.23. The van der Waals surface area contributed by atoms with Crippen molar-refractivity contribution in [3.63, 3.8) is 0 Å². The van der Waals surface area contributed by atoms with E-state index in [0.717, 1.165) is 6.42 Å². The largest absolute Gasteiger partial charge is 0.477 e. The smallest absolute Gasteiger partial charge is 0.344 e. The lowest BCUT2D eigenvalue weighted by Gasteiger charge is -2.03. The topological polar surface area (TPSA) is 98.1 Å². The van der Waals surface area contributed by atoms with Crippen molar-refractivity contribution in [2.24, 2.45) is 0 Å². The van der Waals surface area contributed by atoms with Gasteiger partial charge in [-0.25, -0.2) is 9.78 Å². The molecule has 17 heavy (non-hydrogen) atoms. The molecular formula is C10H14N5O2+. The summed E-state index contributed by atoms with van der Waals surface area (Å²) in [6, 6.07) is 0.130. The summed E-state index contributed by atoms with van der Waals surface area (Å²) in [6.07, 6.45) is 3.71. The fourth-order valence-electron chi connectivity index (χ4n) is 1.68. The van der Waals surface area contributed by atoms with Crippen LogP contribution in [0.25, 0.3) is 5.52 Å². The predicted molar refractivity (Wildman–Crippen MR) is 59.6 cm³/mol. The minimum absolute atomic E-state index is 0.114. The summed E-state index contributed by atoms with van der Waals surface area (Å²) in [7, 11) is 0. The van der Waals surface area contributed by atoms with Crippen LogP contribution in [0.15, 0.2) is 12.5 Å². The summed E-state index contributed by atoms with van der Waals surface area (Å²) >= 11 is 0. The highest BCUT2D eigenvalue weighted by molar-refractivity contribution is 5.96. The van der Waals surface area contributed by atoms with E-state index in [4.69, 9.17) is 10.8 Å². The summed E-state index contributed by atoms with van der Waals surface area (Å²) in [5.41, 5.74) is 6.15. The van der Waals surface area contributed by atoms with Crippen LogP contribution < -0.4 is 10.4 Å². The second-order valence-electron chi connectivity index (χ2n) is 3.87. The highest BCUT2D eigenvalue weighted by Gasteiger charge is 2.28. The van der Waals surface area contributed by atoms with Crippen molar-refractivity contribution in [3.8, 4) is 0 Å². The van der Waals surface area contributed by atoms with Crippen LogP contribution >= 0.6 is 0 Å². The maximum absolute atomic E-state index is 11.2. The molecule has 0 aliphatic heterocycles. The van der Waals surface area contributed by atoms with Gasteiger partial charge in [0.15, 0.2) is 11.9 Å². The fourth-order valence-corrected chi connectivity index (χ4v) is 1.68. The fraction of sp³-hybridized carbons (Fsp3) is 0.400. The number of nitrogen functional groups attached to an aromatic ring is 1. The number of nitrogens with two attached hydrogens (primary N) is 1. The molecule has 1 unspecified atom stereocenters. The number of carboxylic acids is 1. The molecule has 0 radical (unpaired) electrons. The molecule has 0 fully saturated rings. The van der Waals surface area contributed by atoms with Crippen molar-refractivity contribution in [3.05, 3.63) is 18.1 Å². The zero-order valence-electron chi connectivity index (χ0n) is 9.66. The SMILES string of the molecule is CCC(C)n1cc(C(=O)O)c2c(N)ncn[n+]21. The van der Waals surface area contributed by atoms with E-state index in [0.29, 0.717) is 5.52 Å². The summed E-state index contributed by atoms with van der Waals surface area (Å²) in [5, 5.41) is 13.2. The van der Waals surface area contributed by atoms with E-state index in [-0.39, 0.29) is 17.4 Å². The molecule has 2 rings (SSSR count). The van der Waals surface area contributed by atoms with Crippen molar-refractivity contribution >= 4 is 17.3 Å². The van der Waals surface area contributed by atoms with E-state index in [2.05, 4.69) is 10.1 Å². The first-order chi connectivity index (χ1) is 8.06. The molecule has 1 atom stereocenters. The third-order valence-electron chi connectivity index (χ3n) is 2.81.